The summed E-state index contributed by atoms with van der Waals surface area (Å²) < 4.78 is 0. The van der Waals surface area contributed by atoms with E-state index in [2.05, 4.69) is 48.2 Å². The lowest BCUT2D eigenvalue weighted by molar-refractivity contribution is 0.765. The first-order valence-electron chi connectivity index (χ1n) is 6.66. The van der Waals surface area contributed by atoms with Crippen molar-refractivity contribution in [2.75, 3.05) is 11.4 Å². The highest BCUT2D eigenvalue weighted by atomic mass is 15.1. The van der Waals surface area contributed by atoms with E-state index in [-0.39, 0.29) is 0 Å². The third kappa shape index (κ3) is 2.08. The van der Waals surface area contributed by atoms with E-state index in [0.717, 1.165) is 24.1 Å². The number of anilines is 2. The highest BCUT2D eigenvalue weighted by Gasteiger charge is 2.18. The number of rotatable bonds is 1. The van der Waals surface area contributed by atoms with Crippen molar-refractivity contribution in [2.24, 2.45) is 0 Å². The predicted octanol–water partition coefficient (Wildman–Crippen LogP) is 3.95. The molecular formula is C17H16N2. The van der Waals surface area contributed by atoms with Crippen molar-refractivity contribution in [3.63, 3.8) is 0 Å². The first-order valence-corrected chi connectivity index (χ1v) is 6.66. The molecule has 1 aliphatic rings. The highest BCUT2D eigenvalue weighted by Crippen LogP contribution is 2.35. The Bertz CT molecular complexity index is 653. The fourth-order valence-corrected chi connectivity index (χ4v) is 2.81. The van der Waals surface area contributed by atoms with E-state index in [1.165, 1.54) is 23.4 Å². The van der Waals surface area contributed by atoms with Gasteiger partial charge in [-0.1, -0.05) is 18.2 Å². The smallest absolute Gasteiger partial charge is 0.0991 e. The number of hydrogen-bond acceptors (Lipinski definition) is 2. The van der Waals surface area contributed by atoms with E-state index < -0.39 is 0 Å². The molecular weight excluding hydrogens is 232 g/mol. The van der Waals surface area contributed by atoms with Gasteiger partial charge in [-0.25, -0.2) is 0 Å². The minimum absolute atomic E-state index is 0.728. The summed E-state index contributed by atoms with van der Waals surface area (Å²) in [6, 6.07) is 16.7. The molecule has 0 spiro atoms. The van der Waals surface area contributed by atoms with Crippen LogP contribution in [0, 0.1) is 18.3 Å². The molecule has 0 saturated carbocycles. The second-order valence-electron chi connectivity index (χ2n) is 5.00. The Labute approximate surface area is 113 Å². The first kappa shape index (κ1) is 11.8. The Balaban J connectivity index is 2.07. The molecule has 0 atom stereocenters. The van der Waals surface area contributed by atoms with Crippen molar-refractivity contribution in [1.29, 1.82) is 5.26 Å². The highest BCUT2D eigenvalue weighted by molar-refractivity contribution is 5.70. The van der Waals surface area contributed by atoms with Gasteiger partial charge in [-0.3, -0.25) is 0 Å². The van der Waals surface area contributed by atoms with Gasteiger partial charge in [-0.2, -0.15) is 5.26 Å². The molecule has 2 aromatic rings. The predicted molar refractivity (Wildman–Crippen MR) is 77.7 cm³/mol. The molecule has 2 nitrogen and oxygen atoms in total. The average Bonchev–Trinajstić information content (AvgIpc) is 2.46. The van der Waals surface area contributed by atoms with Gasteiger partial charge in [0.2, 0.25) is 0 Å². The summed E-state index contributed by atoms with van der Waals surface area (Å²) in [5.41, 5.74) is 5.83. The lowest BCUT2D eigenvalue weighted by Crippen LogP contribution is -2.25. The largest absolute Gasteiger partial charge is 0.341 e. The van der Waals surface area contributed by atoms with Crippen molar-refractivity contribution in [3.8, 4) is 6.07 Å². The van der Waals surface area contributed by atoms with Crippen LogP contribution in [0.15, 0.2) is 42.5 Å². The molecule has 1 aliphatic heterocycles. The van der Waals surface area contributed by atoms with Gasteiger partial charge in [-0.15, -0.1) is 0 Å². The normalized spacial score (nSPS) is 13.8. The summed E-state index contributed by atoms with van der Waals surface area (Å²) in [5, 5.41) is 8.96. The zero-order chi connectivity index (χ0) is 13.2. The molecule has 0 fully saturated rings. The Hall–Kier alpha value is -2.27. The van der Waals surface area contributed by atoms with Crippen molar-refractivity contribution in [2.45, 2.75) is 19.8 Å². The van der Waals surface area contributed by atoms with E-state index in [1.54, 1.807) is 0 Å². The zero-order valence-corrected chi connectivity index (χ0v) is 11.1. The number of hydrogen-bond donors (Lipinski definition) is 0. The van der Waals surface area contributed by atoms with Gasteiger partial charge >= 0.3 is 0 Å². The Morgan fingerprint density at radius 2 is 1.95 bits per heavy atom. The van der Waals surface area contributed by atoms with Gasteiger partial charge < -0.3 is 4.90 Å². The summed E-state index contributed by atoms with van der Waals surface area (Å²) in [7, 11) is 0. The number of benzene rings is 2. The molecule has 2 aromatic carbocycles. The minimum atomic E-state index is 0.728. The number of fused-ring (bicyclic) bond motifs is 1. The molecule has 19 heavy (non-hydrogen) atoms. The maximum Gasteiger partial charge on any atom is 0.0991 e. The summed E-state index contributed by atoms with van der Waals surface area (Å²) in [4.78, 5) is 2.37. The van der Waals surface area contributed by atoms with E-state index in [0.29, 0.717) is 0 Å². The SMILES string of the molecule is Cc1cc(C#N)ccc1N1CCCc2ccccc21. The third-order valence-electron chi connectivity index (χ3n) is 3.73. The summed E-state index contributed by atoms with van der Waals surface area (Å²) >= 11 is 0. The van der Waals surface area contributed by atoms with Crippen LogP contribution in [-0.4, -0.2) is 6.54 Å². The van der Waals surface area contributed by atoms with Gasteiger partial charge in [0, 0.05) is 17.9 Å². The fourth-order valence-electron chi connectivity index (χ4n) is 2.81. The quantitative estimate of drug-likeness (QED) is 0.764. The number of aryl methyl sites for hydroxylation is 2. The standard InChI is InChI=1S/C17H16N2/c1-13-11-14(12-18)8-9-16(13)19-10-4-6-15-5-2-3-7-17(15)19/h2-3,5,7-9,11H,4,6,10H2,1H3. The van der Waals surface area contributed by atoms with Crippen LogP contribution in [0.4, 0.5) is 11.4 Å². The number of para-hydroxylation sites is 1. The van der Waals surface area contributed by atoms with Gasteiger partial charge in [0.05, 0.1) is 11.6 Å². The summed E-state index contributed by atoms with van der Waals surface area (Å²) in [5.74, 6) is 0. The lowest BCUT2D eigenvalue weighted by atomic mass is 10.00. The van der Waals surface area contributed by atoms with Crippen molar-refractivity contribution in [3.05, 3.63) is 59.2 Å². The van der Waals surface area contributed by atoms with Gasteiger partial charge in [0.15, 0.2) is 0 Å². The molecule has 0 aliphatic carbocycles. The van der Waals surface area contributed by atoms with Gasteiger partial charge in [-0.05, 0) is 55.2 Å². The second-order valence-corrected chi connectivity index (χ2v) is 5.00. The van der Waals surface area contributed by atoms with Gasteiger partial charge in [0.1, 0.15) is 0 Å². The molecule has 0 unspecified atom stereocenters. The van der Waals surface area contributed by atoms with Crippen molar-refractivity contribution in [1.82, 2.24) is 0 Å². The fraction of sp³-hybridized carbons (Fsp3) is 0.235. The van der Waals surface area contributed by atoms with Gasteiger partial charge in [0.25, 0.3) is 0 Å². The van der Waals surface area contributed by atoms with Crippen LogP contribution in [0.1, 0.15) is 23.1 Å². The number of nitrogens with zero attached hydrogens (tertiary/aromatic N) is 2. The summed E-state index contributed by atoms with van der Waals surface area (Å²) in [6.45, 7) is 3.12. The van der Waals surface area contributed by atoms with Crippen LogP contribution in [-0.2, 0) is 6.42 Å². The molecule has 94 valence electrons. The molecule has 1 heterocycles. The van der Waals surface area contributed by atoms with Crippen LogP contribution in [0.3, 0.4) is 0 Å². The van der Waals surface area contributed by atoms with Crippen LogP contribution in [0.5, 0.6) is 0 Å². The molecule has 0 N–H and O–H groups in total. The first-order chi connectivity index (χ1) is 9.29. The topological polar surface area (TPSA) is 27.0 Å². The Kier molecular flexibility index (Phi) is 2.97. The maximum atomic E-state index is 8.96. The van der Waals surface area contributed by atoms with E-state index >= 15 is 0 Å². The van der Waals surface area contributed by atoms with Crippen LogP contribution < -0.4 is 4.90 Å². The van der Waals surface area contributed by atoms with Crippen molar-refractivity contribution >= 4 is 11.4 Å². The molecule has 0 radical (unpaired) electrons. The zero-order valence-electron chi connectivity index (χ0n) is 11.1. The van der Waals surface area contributed by atoms with Crippen molar-refractivity contribution < 1.29 is 0 Å². The Morgan fingerprint density at radius 1 is 1.11 bits per heavy atom. The molecule has 3 rings (SSSR count). The van der Waals surface area contributed by atoms with Crippen LogP contribution in [0.25, 0.3) is 0 Å². The van der Waals surface area contributed by atoms with Crippen LogP contribution >= 0.6 is 0 Å². The van der Waals surface area contributed by atoms with E-state index in [9.17, 15) is 0 Å². The van der Waals surface area contributed by atoms with E-state index in [4.69, 9.17) is 5.26 Å². The molecule has 2 heteroatoms. The summed E-state index contributed by atoms with van der Waals surface area (Å²) in [6.07, 6.45) is 2.33. The van der Waals surface area contributed by atoms with Crippen LogP contribution in [0.2, 0.25) is 0 Å². The second kappa shape index (κ2) is 4.78. The average molecular weight is 248 g/mol. The Morgan fingerprint density at radius 3 is 2.74 bits per heavy atom. The molecule has 0 aromatic heterocycles. The molecule has 0 bridgehead atoms. The monoisotopic (exact) mass is 248 g/mol. The lowest BCUT2D eigenvalue weighted by Gasteiger charge is -2.32. The molecule has 0 amide bonds. The third-order valence-corrected chi connectivity index (χ3v) is 3.73. The molecule has 0 saturated heterocycles. The van der Waals surface area contributed by atoms with E-state index in [1.807, 2.05) is 12.1 Å². The maximum absolute atomic E-state index is 8.96. The number of nitriles is 1. The minimum Gasteiger partial charge on any atom is -0.341 e.